The molecule has 7 heteroatoms. The van der Waals surface area contributed by atoms with Crippen molar-refractivity contribution >= 4 is 39.4 Å². The second-order valence-corrected chi connectivity index (χ2v) is 8.72. The zero-order valence-electron chi connectivity index (χ0n) is 16.3. The molecule has 0 amide bonds. The zero-order chi connectivity index (χ0) is 21.1. The first-order valence-corrected chi connectivity index (χ1v) is 11.0. The fraction of sp³-hybridized carbons (Fsp3) is 0.261. The molecule has 30 heavy (non-hydrogen) atoms. The molecule has 1 saturated heterocycles. The van der Waals surface area contributed by atoms with E-state index in [0.717, 1.165) is 29.4 Å². The van der Waals surface area contributed by atoms with Gasteiger partial charge in [0.15, 0.2) is 0 Å². The normalized spacial score (nSPS) is 16.1. The van der Waals surface area contributed by atoms with E-state index in [0.29, 0.717) is 29.5 Å². The Hall–Kier alpha value is -2.44. The Morgan fingerprint density at radius 1 is 1.13 bits per heavy atom. The predicted octanol–water partition coefficient (Wildman–Crippen LogP) is 5.72. The van der Waals surface area contributed by atoms with Crippen molar-refractivity contribution in [2.45, 2.75) is 31.7 Å². The summed E-state index contributed by atoms with van der Waals surface area (Å²) in [5.41, 5.74) is 3.02. The lowest BCUT2D eigenvalue weighted by atomic mass is 10.0. The number of hydrogen-bond acceptors (Lipinski definition) is 4. The maximum absolute atomic E-state index is 11.7. The van der Waals surface area contributed by atoms with E-state index in [-0.39, 0.29) is 11.6 Å². The van der Waals surface area contributed by atoms with E-state index in [1.54, 1.807) is 0 Å². The summed E-state index contributed by atoms with van der Waals surface area (Å²) in [6.45, 7) is 0.851. The largest absolute Gasteiger partial charge is 0.478 e. The number of benzene rings is 2. The van der Waals surface area contributed by atoms with Crippen LogP contribution in [0.5, 0.6) is 0 Å². The Bertz CT molecular complexity index is 1040. The Kier molecular flexibility index (Phi) is 6.35. The zero-order valence-corrected chi connectivity index (χ0v) is 18.6. The van der Waals surface area contributed by atoms with Crippen LogP contribution in [0.4, 0.5) is 5.95 Å². The molecule has 154 valence electrons. The number of carbonyl (C=O) groups is 1. The van der Waals surface area contributed by atoms with Crippen molar-refractivity contribution in [3.63, 3.8) is 0 Å². The van der Waals surface area contributed by atoms with Gasteiger partial charge in [0, 0.05) is 22.2 Å². The van der Waals surface area contributed by atoms with Crippen molar-refractivity contribution in [1.82, 2.24) is 9.97 Å². The summed E-state index contributed by atoms with van der Waals surface area (Å²) in [6, 6.07) is 16.1. The number of hydrogen-bond donors (Lipinski definition) is 1. The molecule has 2 aromatic carbocycles. The summed E-state index contributed by atoms with van der Waals surface area (Å²) >= 11 is 9.44. The van der Waals surface area contributed by atoms with Gasteiger partial charge < -0.3 is 10.0 Å². The minimum Gasteiger partial charge on any atom is -0.478 e. The smallest absolute Gasteiger partial charge is 0.339 e. The van der Waals surface area contributed by atoms with E-state index < -0.39 is 5.97 Å². The predicted molar refractivity (Wildman–Crippen MR) is 121 cm³/mol. The molecule has 0 bridgehead atoms. The highest BCUT2D eigenvalue weighted by molar-refractivity contribution is 9.10. The van der Waals surface area contributed by atoms with Crippen molar-refractivity contribution in [1.29, 1.82) is 0 Å². The Labute approximate surface area is 188 Å². The van der Waals surface area contributed by atoms with Crippen LogP contribution in [-0.4, -0.2) is 27.6 Å². The lowest BCUT2D eigenvalue weighted by molar-refractivity contribution is 0.0694. The molecular weight excluding hydrogens is 466 g/mol. The number of aromatic carboxylic acids is 1. The third-order valence-electron chi connectivity index (χ3n) is 5.41. The van der Waals surface area contributed by atoms with Crippen LogP contribution in [0.2, 0.25) is 5.02 Å². The maximum atomic E-state index is 11.7. The molecular formula is C23H21BrClN3O2. The summed E-state index contributed by atoms with van der Waals surface area (Å²) in [7, 11) is 0. The van der Waals surface area contributed by atoms with Crippen molar-refractivity contribution in [2.24, 2.45) is 0 Å². The number of anilines is 1. The summed E-state index contributed by atoms with van der Waals surface area (Å²) in [4.78, 5) is 23.0. The fourth-order valence-electron chi connectivity index (χ4n) is 3.87. The molecule has 1 aliphatic heterocycles. The molecule has 1 atom stereocenters. The molecule has 1 unspecified atom stereocenters. The number of halogens is 2. The molecule has 1 N–H and O–H groups in total. The minimum absolute atomic E-state index is 0.159. The van der Waals surface area contributed by atoms with Gasteiger partial charge in [0.25, 0.3) is 0 Å². The molecule has 1 aliphatic rings. The van der Waals surface area contributed by atoms with Crippen LogP contribution in [-0.2, 0) is 12.8 Å². The average Bonchev–Trinajstić information content (AvgIpc) is 3.23. The van der Waals surface area contributed by atoms with E-state index in [9.17, 15) is 9.90 Å². The first kappa shape index (κ1) is 20.8. The Balaban J connectivity index is 1.60. The minimum atomic E-state index is -1.00. The number of aromatic nitrogens is 2. The van der Waals surface area contributed by atoms with Gasteiger partial charge in [-0.3, -0.25) is 0 Å². The number of carboxylic acids is 1. The summed E-state index contributed by atoms with van der Waals surface area (Å²) in [6.07, 6.45) is 4.72. The summed E-state index contributed by atoms with van der Waals surface area (Å²) in [5.74, 6) is -0.407. The van der Waals surface area contributed by atoms with E-state index >= 15 is 0 Å². The second-order valence-electron chi connectivity index (χ2n) is 7.36. The van der Waals surface area contributed by atoms with Gasteiger partial charge in [0.1, 0.15) is 0 Å². The number of carboxylic acid groups (broad SMARTS) is 1. The van der Waals surface area contributed by atoms with Crippen LogP contribution in [0.3, 0.4) is 0 Å². The SMILES string of the molecule is O=C(O)c1cnc(N2CCCC2c2ccc(Br)cc2)nc1CCc1ccc(Cl)cc1. The lowest BCUT2D eigenvalue weighted by Crippen LogP contribution is -2.25. The van der Waals surface area contributed by atoms with Crippen LogP contribution in [0.25, 0.3) is 0 Å². The molecule has 4 rings (SSSR count). The van der Waals surface area contributed by atoms with Crippen molar-refractivity contribution in [3.8, 4) is 0 Å². The van der Waals surface area contributed by atoms with Crippen LogP contribution >= 0.6 is 27.5 Å². The van der Waals surface area contributed by atoms with Crippen LogP contribution in [0, 0.1) is 0 Å². The maximum Gasteiger partial charge on any atom is 0.339 e. The average molecular weight is 487 g/mol. The third kappa shape index (κ3) is 4.65. The van der Waals surface area contributed by atoms with E-state index in [1.165, 1.54) is 11.8 Å². The Morgan fingerprint density at radius 3 is 2.57 bits per heavy atom. The molecule has 0 saturated carbocycles. The standard InChI is InChI=1S/C23H21BrClN3O2/c24-17-8-6-16(7-9-17)21-2-1-13-28(21)23-26-14-19(22(29)30)20(27-23)12-5-15-3-10-18(25)11-4-15/h3-4,6-11,14,21H,1-2,5,12-13H2,(H,29,30). The fourth-order valence-corrected chi connectivity index (χ4v) is 4.26. The summed E-state index contributed by atoms with van der Waals surface area (Å²) < 4.78 is 1.04. The molecule has 0 spiro atoms. The quantitative estimate of drug-likeness (QED) is 0.483. The molecule has 3 aromatic rings. The van der Waals surface area contributed by atoms with Crippen LogP contribution in [0.15, 0.2) is 59.2 Å². The van der Waals surface area contributed by atoms with Gasteiger partial charge in [-0.05, 0) is 61.1 Å². The van der Waals surface area contributed by atoms with Gasteiger partial charge in [-0.15, -0.1) is 0 Å². The third-order valence-corrected chi connectivity index (χ3v) is 6.19. The topological polar surface area (TPSA) is 66.3 Å². The Morgan fingerprint density at radius 2 is 1.87 bits per heavy atom. The lowest BCUT2D eigenvalue weighted by Gasteiger charge is -2.25. The molecule has 1 fully saturated rings. The van der Waals surface area contributed by atoms with Gasteiger partial charge in [0.05, 0.1) is 17.3 Å². The molecule has 2 heterocycles. The van der Waals surface area contributed by atoms with Crippen LogP contribution < -0.4 is 4.90 Å². The van der Waals surface area contributed by atoms with E-state index in [1.807, 2.05) is 36.4 Å². The van der Waals surface area contributed by atoms with Crippen molar-refractivity contribution < 1.29 is 9.90 Å². The first-order chi connectivity index (χ1) is 14.5. The first-order valence-electron chi connectivity index (χ1n) is 9.87. The molecule has 0 aliphatic carbocycles. The van der Waals surface area contributed by atoms with Gasteiger partial charge in [0.2, 0.25) is 5.95 Å². The number of aryl methyl sites for hydroxylation is 2. The van der Waals surface area contributed by atoms with Gasteiger partial charge in [-0.25, -0.2) is 14.8 Å². The van der Waals surface area contributed by atoms with Gasteiger partial charge >= 0.3 is 5.97 Å². The summed E-state index contributed by atoms with van der Waals surface area (Å²) in [5, 5.41) is 10.3. The second kappa shape index (κ2) is 9.14. The van der Waals surface area contributed by atoms with Gasteiger partial charge in [-0.2, -0.15) is 0 Å². The van der Waals surface area contributed by atoms with E-state index in [2.05, 4.69) is 37.9 Å². The highest BCUT2D eigenvalue weighted by atomic mass is 79.9. The monoisotopic (exact) mass is 485 g/mol. The number of nitrogens with zero attached hydrogens (tertiary/aromatic N) is 3. The molecule has 1 aromatic heterocycles. The van der Waals surface area contributed by atoms with Crippen molar-refractivity contribution in [3.05, 3.63) is 86.6 Å². The van der Waals surface area contributed by atoms with Crippen LogP contribution in [0.1, 0.15) is 46.1 Å². The highest BCUT2D eigenvalue weighted by Gasteiger charge is 2.29. The number of rotatable bonds is 6. The highest BCUT2D eigenvalue weighted by Crippen LogP contribution is 2.35. The van der Waals surface area contributed by atoms with Crippen molar-refractivity contribution in [2.75, 3.05) is 11.4 Å². The molecule has 5 nitrogen and oxygen atoms in total. The van der Waals surface area contributed by atoms with Gasteiger partial charge in [-0.1, -0.05) is 51.8 Å². The van der Waals surface area contributed by atoms with E-state index in [4.69, 9.17) is 16.6 Å². The molecule has 0 radical (unpaired) electrons.